The van der Waals surface area contributed by atoms with E-state index in [1.165, 1.54) is 0 Å². The predicted octanol–water partition coefficient (Wildman–Crippen LogP) is 4.63. The number of hydrogen-bond acceptors (Lipinski definition) is 7. The molecule has 0 saturated heterocycles. The molecule has 0 aliphatic heterocycles. The highest BCUT2D eigenvalue weighted by Gasteiger charge is 2.15. The van der Waals surface area contributed by atoms with E-state index in [0.717, 1.165) is 22.6 Å². The topological polar surface area (TPSA) is 78.6 Å². The van der Waals surface area contributed by atoms with Gasteiger partial charge in [-0.2, -0.15) is 0 Å². The van der Waals surface area contributed by atoms with Gasteiger partial charge in [0.05, 0.1) is 26.0 Å². The molecule has 0 fully saturated rings. The minimum absolute atomic E-state index is 0.275. The molecular formula is C19H16ClNO5S. The molecule has 2 heterocycles. The summed E-state index contributed by atoms with van der Waals surface area (Å²) in [5, 5.41) is 3.87. The van der Waals surface area contributed by atoms with Crippen molar-refractivity contribution in [1.82, 2.24) is 5.16 Å². The smallest absolute Gasteiger partial charge is 0.338 e. The summed E-state index contributed by atoms with van der Waals surface area (Å²) >= 11 is 6.95. The van der Waals surface area contributed by atoms with Gasteiger partial charge in [0, 0.05) is 0 Å². The van der Waals surface area contributed by atoms with E-state index in [-0.39, 0.29) is 19.0 Å². The molecule has 0 unspecified atom stereocenters. The number of carbonyl (C=O) groups is 2. The largest absolute Gasteiger partial charge is 0.489 e. The lowest BCUT2D eigenvalue weighted by atomic mass is 10.2. The lowest BCUT2D eigenvalue weighted by Gasteiger charge is -2.08. The van der Waals surface area contributed by atoms with Crippen LogP contribution in [0.5, 0.6) is 5.75 Å². The summed E-state index contributed by atoms with van der Waals surface area (Å²) in [4.78, 5) is 24.6. The molecule has 0 atom stereocenters. The monoisotopic (exact) mass is 405 g/mol. The molecule has 2 aromatic heterocycles. The third kappa shape index (κ3) is 4.75. The van der Waals surface area contributed by atoms with Crippen LogP contribution in [0.4, 0.5) is 0 Å². The van der Waals surface area contributed by atoms with Crippen molar-refractivity contribution in [2.75, 3.05) is 6.61 Å². The van der Waals surface area contributed by atoms with Gasteiger partial charge in [-0.1, -0.05) is 22.8 Å². The summed E-state index contributed by atoms with van der Waals surface area (Å²) in [6.45, 7) is 3.57. The Balaban J connectivity index is 1.59. The first-order chi connectivity index (χ1) is 12.9. The van der Waals surface area contributed by atoms with Crippen molar-refractivity contribution in [1.29, 1.82) is 0 Å². The Morgan fingerprint density at radius 2 is 2.04 bits per heavy atom. The van der Waals surface area contributed by atoms with Gasteiger partial charge in [-0.3, -0.25) is 4.79 Å². The van der Waals surface area contributed by atoms with E-state index in [1.807, 2.05) is 13.8 Å². The summed E-state index contributed by atoms with van der Waals surface area (Å²) in [6, 6.07) is 9.80. The van der Waals surface area contributed by atoms with E-state index in [1.54, 1.807) is 36.4 Å². The number of hydrogen-bond donors (Lipinski definition) is 0. The molecule has 0 amide bonds. The lowest BCUT2D eigenvalue weighted by molar-refractivity contribution is 0.0475. The van der Waals surface area contributed by atoms with Crippen molar-refractivity contribution in [2.45, 2.75) is 20.5 Å². The number of aryl methyl sites for hydroxylation is 2. The minimum Gasteiger partial charge on any atom is -0.489 e. The highest BCUT2D eigenvalue weighted by Crippen LogP contribution is 2.22. The van der Waals surface area contributed by atoms with Crippen molar-refractivity contribution in [3.63, 3.8) is 0 Å². The number of Topliss-reactive ketones (excluding diaryl/α,β-unsaturated/α-hetero) is 1. The quantitative estimate of drug-likeness (QED) is 0.421. The minimum atomic E-state index is -0.603. The molecule has 0 N–H and O–H groups in total. The van der Waals surface area contributed by atoms with Crippen LogP contribution in [0.25, 0.3) is 0 Å². The third-order valence-corrected chi connectivity index (χ3v) is 5.09. The number of halogens is 1. The van der Waals surface area contributed by atoms with Gasteiger partial charge in [0.1, 0.15) is 18.1 Å². The van der Waals surface area contributed by atoms with Gasteiger partial charge < -0.3 is 14.0 Å². The maximum atomic E-state index is 12.2. The average Bonchev–Trinajstić information content (AvgIpc) is 3.23. The van der Waals surface area contributed by atoms with Crippen LogP contribution in [0.3, 0.4) is 0 Å². The van der Waals surface area contributed by atoms with Crippen molar-refractivity contribution >= 4 is 34.7 Å². The first-order valence-electron chi connectivity index (χ1n) is 8.04. The molecule has 6 nitrogen and oxygen atoms in total. The van der Waals surface area contributed by atoms with Crippen LogP contribution in [-0.4, -0.2) is 23.5 Å². The number of esters is 1. The number of ether oxygens (including phenoxy) is 2. The molecule has 27 heavy (non-hydrogen) atoms. The Morgan fingerprint density at radius 1 is 1.22 bits per heavy atom. The van der Waals surface area contributed by atoms with Crippen LogP contribution in [0.2, 0.25) is 4.34 Å². The second kappa shape index (κ2) is 8.37. The standard InChI is InChI=1S/C19H16ClNO5S/c1-11-15(12(2)26-21-11)9-24-14-5-3-4-13(8-14)19(23)25-10-16(22)17-6-7-18(20)27-17/h3-8H,9-10H2,1-2H3. The summed E-state index contributed by atoms with van der Waals surface area (Å²) in [5.74, 6) is 0.288. The molecule has 0 aliphatic rings. The van der Waals surface area contributed by atoms with Crippen LogP contribution in [0.15, 0.2) is 40.9 Å². The van der Waals surface area contributed by atoms with Crippen molar-refractivity contribution in [3.8, 4) is 5.75 Å². The number of aromatic nitrogens is 1. The van der Waals surface area contributed by atoms with Crippen LogP contribution in [-0.2, 0) is 11.3 Å². The molecule has 0 radical (unpaired) electrons. The van der Waals surface area contributed by atoms with Gasteiger partial charge in [-0.25, -0.2) is 4.79 Å². The van der Waals surface area contributed by atoms with Crippen LogP contribution in [0, 0.1) is 13.8 Å². The fraction of sp³-hybridized carbons (Fsp3) is 0.211. The van der Waals surface area contributed by atoms with Gasteiger partial charge in [-0.05, 0) is 44.2 Å². The Kier molecular flexibility index (Phi) is 5.93. The fourth-order valence-electron chi connectivity index (χ4n) is 2.33. The normalized spacial score (nSPS) is 10.6. The van der Waals surface area contributed by atoms with Gasteiger partial charge in [0.25, 0.3) is 0 Å². The highest BCUT2D eigenvalue weighted by atomic mass is 35.5. The predicted molar refractivity (Wildman–Crippen MR) is 101 cm³/mol. The Morgan fingerprint density at radius 3 is 2.70 bits per heavy atom. The van der Waals surface area contributed by atoms with E-state index in [4.69, 9.17) is 25.6 Å². The molecule has 0 bridgehead atoms. The first-order valence-corrected chi connectivity index (χ1v) is 9.24. The lowest BCUT2D eigenvalue weighted by Crippen LogP contribution is -2.13. The van der Waals surface area contributed by atoms with E-state index in [0.29, 0.717) is 26.3 Å². The summed E-state index contributed by atoms with van der Waals surface area (Å²) in [6.07, 6.45) is 0. The molecular weight excluding hydrogens is 390 g/mol. The van der Waals surface area contributed by atoms with E-state index >= 15 is 0 Å². The van der Waals surface area contributed by atoms with Crippen LogP contribution in [0.1, 0.15) is 37.0 Å². The third-order valence-electron chi connectivity index (χ3n) is 3.82. The Hall–Kier alpha value is -2.64. The number of thiophene rings is 1. The second-order valence-corrected chi connectivity index (χ2v) is 7.44. The summed E-state index contributed by atoms with van der Waals surface area (Å²) in [7, 11) is 0. The van der Waals surface area contributed by atoms with Crippen molar-refractivity contribution in [3.05, 3.63) is 68.2 Å². The van der Waals surface area contributed by atoms with Gasteiger partial charge in [0.2, 0.25) is 5.78 Å². The maximum Gasteiger partial charge on any atom is 0.338 e. The molecule has 140 valence electrons. The molecule has 0 spiro atoms. The van der Waals surface area contributed by atoms with Crippen molar-refractivity contribution < 1.29 is 23.6 Å². The van der Waals surface area contributed by atoms with Gasteiger partial charge >= 0.3 is 5.97 Å². The maximum absolute atomic E-state index is 12.2. The number of benzene rings is 1. The molecule has 1 aromatic carbocycles. The Bertz CT molecular complexity index is 959. The first kappa shape index (κ1) is 19.1. The molecule has 0 saturated carbocycles. The number of nitrogens with zero attached hydrogens (tertiary/aromatic N) is 1. The number of rotatable bonds is 7. The second-order valence-electron chi connectivity index (χ2n) is 5.72. The van der Waals surface area contributed by atoms with Gasteiger partial charge in [-0.15, -0.1) is 11.3 Å². The summed E-state index contributed by atoms with van der Waals surface area (Å²) < 4.78 is 16.4. The summed E-state index contributed by atoms with van der Waals surface area (Å²) in [5.41, 5.74) is 1.92. The van der Waals surface area contributed by atoms with Crippen LogP contribution >= 0.6 is 22.9 Å². The average molecular weight is 406 g/mol. The zero-order valence-electron chi connectivity index (χ0n) is 14.7. The van der Waals surface area contributed by atoms with E-state index in [2.05, 4.69) is 5.16 Å². The highest BCUT2D eigenvalue weighted by molar-refractivity contribution is 7.18. The zero-order chi connectivity index (χ0) is 19.4. The molecule has 3 rings (SSSR count). The van der Waals surface area contributed by atoms with Crippen LogP contribution < -0.4 is 4.74 Å². The fourth-order valence-corrected chi connectivity index (χ4v) is 3.29. The van der Waals surface area contributed by atoms with E-state index < -0.39 is 5.97 Å². The van der Waals surface area contributed by atoms with Crippen molar-refractivity contribution in [2.24, 2.45) is 0 Å². The SMILES string of the molecule is Cc1noc(C)c1COc1cccc(C(=O)OCC(=O)c2ccc(Cl)s2)c1. The number of ketones is 1. The van der Waals surface area contributed by atoms with Gasteiger partial charge in [0.15, 0.2) is 6.61 Å². The number of carbonyl (C=O) groups excluding carboxylic acids is 2. The molecule has 8 heteroatoms. The Labute approximate surface area is 164 Å². The molecule has 0 aliphatic carbocycles. The zero-order valence-corrected chi connectivity index (χ0v) is 16.2. The molecule has 3 aromatic rings. The van der Waals surface area contributed by atoms with E-state index in [9.17, 15) is 9.59 Å².